The number of nitrogens with one attached hydrogen (secondary N) is 2. The van der Waals surface area contributed by atoms with Crippen molar-refractivity contribution in [3.63, 3.8) is 0 Å². The Morgan fingerprint density at radius 1 is 0.833 bits per heavy atom. The number of hydrogen-bond donors (Lipinski definition) is 2. The van der Waals surface area contributed by atoms with Crippen LogP contribution in [0.2, 0.25) is 0 Å². The lowest BCUT2D eigenvalue weighted by molar-refractivity contribution is -0.120. The average molecular weight is 641 g/mol. The molecule has 1 aromatic heterocycles. The Morgan fingerprint density at radius 2 is 1.52 bits per heavy atom. The summed E-state index contributed by atoms with van der Waals surface area (Å²) < 4.78 is 24.9. The number of methoxy groups -OCH3 is 2. The molecule has 0 saturated carbocycles. The van der Waals surface area contributed by atoms with Crippen molar-refractivity contribution in [1.29, 1.82) is 0 Å². The minimum Gasteiger partial charge on any atom is -0.497 e. The number of amides is 1. The van der Waals surface area contributed by atoms with Crippen LogP contribution in [0.4, 0.5) is 5.69 Å². The van der Waals surface area contributed by atoms with E-state index in [4.69, 9.17) is 23.4 Å². The van der Waals surface area contributed by atoms with Crippen LogP contribution >= 0.6 is 0 Å². The van der Waals surface area contributed by atoms with Gasteiger partial charge in [0.2, 0.25) is 11.3 Å². The molecule has 0 atom stereocenters. The highest BCUT2D eigenvalue weighted by Gasteiger charge is 2.22. The third-order valence-corrected chi connectivity index (χ3v) is 8.28. The third kappa shape index (κ3) is 5.91. The molecular weight excluding hydrogens is 606 g/mol. The van der Waals surface area contributed by atoms with Crippen LogP contribution in [-0.2, 0) is 11.2 Å². The number of benzene rings is 5. The molecule has 0 spiro atoms. The van der Waals surface area contributed by atoms with Gasteiger partial charge < -0.3 is 29.0 Å². The van der Waals surface area contributed by atoms with Crippen molar-refractivity contribution in [2.75, 3.05) is 40.3 Å². The van der Waals surface area contributed by atoms with E-state index < -0.39 is 0 Å². The van der Waals surface area contributed by atoms with Crippen molar-refractivity contribution in [2.24, 2.45) is 0 Å². The molecule has 0 bridgehead atoms. The molecule has 0 saturated heterocycles. The number of carbonyl (C=O) groups excluding carboxylic acids is 1. The number of aromatic nitrogens is 2. The van der Waals surface area contributed by atoms with Crippen molar-refractivity contribution in [2.45, 2.75) is 6.42 Å². The maximum atomic E-state index is 13.3. The Hall–Kier alpha value is -6.16. The van der Waals surface area contributed by atoms with E-state index in [1.54, 1.807) is 14.2 Å². The first kappa shape index (κ1) is 30.5. The zero-order valence-electron chi connectivity index (χ0n) is 27.0. The molecule has 5 aromatic rings. The van der Waals surface area contributed by atoms with E-state index >= 15 is 0 Å². The molecule has 2 aliphatic rings. The van der Waals surface area contributed by atoms with Gasteiger partial charge in [0.05, 0.1) is 38.9 Å². The molecule has 1 amide bonds. The molecule has 1 aliphatic heterocycles. The lowest BCUT2D eigenvalue weighted by Gasteiger charge is -2.14. The highest BCUT2D eigenvalue weighted by Crippen LogP contribution is 2.37. The third-order valence-electron chi connectivity index (χ3n) is 8.28. The summed E-state index contributed by atoms with van der Waals surface area (Å²) in [5.74, 6) is 2.37. The second kappa shape index (κ2) is 12.9. The first-order chi connectivity index (χ1) is 23.4. The lowest BCUT2D eigenvalue weighted by Crippen LogP contribution is -2.30. The van der Waals surface area contributed by atoms with Crippen LogP contribution in [-0.4, -0.2) is 51.0 Å². The Labute approximate surface area is 276 Å². The smallest absolute Gasteiger partial charge is 0.229 e. The lowest BCUT2D eigenvalue weighted by atomic mass is 9.98. The van der Waals surface area contributed by atoms with E-state index in [0.717, 1.165) is 61.2 Å². The van der Waals surface area contributed by atoms with E-state index in [1.807, 2.05) is 116 Å². The minimum absolute atomic E-state index is 0.00981. The monoisotopic (exact) mass is 640 g/mol. The van der Waals surface area contributed by atoms with Gasteiger partial charge in [0.25, 0.3) is 0 Å². The molecule has 10 heteroatoms. The number of rotatable bonds is 9. The first-order valence-electron chi connectivity index (χ1n) is 15.5. The van der Waals surface area contributed by atoms with Gasteiger partial charge in [0, 0.05) is 34.2 Å². The topological polar surface area (TPSA) is 115 Å². The predicted molar refractivity (Wildman–Crippen MR) is 186 cm³/mol. The van der Waals surface area contributed by atoms with Gasteiger partial charge in [0.15, 0.2) is 17.1 Å². The van der Waals surface area contributed by atoms with Gasteiger partial charge >= 0.3 is 0 Å². The molecule has 7 rings (SSSR count). The van der Waals surface area contributed by atoms with Crippen LogP contribution in [0.5, 0.6) is 11.5 Å². The van der Waals surface area contributed by atoms with E-state index in [1.165, 1.54) is 0 Å². The number of hydrogen-bond acceptors (Lipinski definition) is 8. The van der Waals surface area contributed by atoms with E-state index in [-0.39, 0.29) is 19.0 Å². The van der Waals surface area contributed by atoms with Crippen molar-refractivity contribution in [3.8, 4) is 45.3 Å². The molecule has 0 radical (unpaired) electrons. The Balaban J connectivity index is 1.15. The second-order valence-electron chi connectivity index (χ2n) is 11.5. The summed E-state index contributed by atoms with van der Waals surface area (Å²) in [4.78, 5) is 18.3. The second-order valence-corrected chi connectivity index (χ2v) is 11.5. The number of ether oxygens (including phenoxy) is 2. The largest absolute Gasteiger partial charge is 0.497 e. The average Bonchev–Trinajstić information content (AvgIpc) is 3.53. The normalized spacial score (nSPS) is 11.2. The molecule has 4 aromatic carbocycles. The molecule has 2 heterocycles. The zero-order valence-corrected chi connectivity index (χ0v) is 27.0. The van der Waals surface area contributed by atoms with Gasteiger partial charge in [0.1, 0.15) is 42.5 Å². The maximum Gasteiger partial charge on any atom is 0.229 e. The molecule has 0 fully saturated rings. The predicted octanol–water partition coefficient (Wildman–Crippen LogP) is 6.19. The molecular formula is C38H34N5O5+. The van der Waals surface area contributed by atoms with Crippen LogP contribution in [0.25, 0.3) is 55.7 Å². The van der Waals surface area contributed by atoms with Crippen molar-refractivity contribution < 1.29 is 23.2 Å². The van der Waals surface area contributed by atoms with E-state index in [2.05, 4.69) is 15.8 Å². The standard InChI is InChI=1S/C38H33N5O5/c1-43(2)25-13-18-30-32(19-25)47-34-20-31(28-7-5-6-8-29(28)38(34)41-30)39-22-40-35(44)21-33-36(23-9-14-26(45-3)15-10-23)37(42-48-33)24-11-16-27(46-4)17-12-24/h5-20H,21-22H2,1-4H3,(H,40,44)/p+1. The maximum absolute atomic E-state index is 13.3. The number of carbonyl (C=O) groups is 1. The fraction of sp³-hybridized carbons (Fsp3) is 0.158. The Morgan fingerprint density at radius 3 is 2.21 bits per heavy atom. The molecule has 240 valence electrons. The van der Waals surface area contributed by atoms with Crippen LogP contribution in [0.1, 0.15) is 5.76 Å². The Bertz CT molecular complexity index is 2300. The molecule has 48 heavy (non-hydrogen) atoms. The number of nitrogens with zero attached hydrogens (tertiary/aromatic N) is 3. The van der Waals surface area contributed by atoms with Crippen LogP contribution in [0, 0.1) is 0 Å². The summed E-state index contributed by atoms with van der Waals surface area (Å²) in [7, 11) is 7.22. The summed E-state index contributed by atoms with van der Waals surface area (Å²) in [5.41, 5.74) is 6.08. The first-order valence-corrected chi connectivity index (χ1v) is 15.5. The summed E-state index contributed by atoms with van der Waals surface area (Å²) in [6.07, 6.45) is -0.00981. The van der Waals surface area contributed by atoms with Crippen molar-refractivity contribution in [1.82, 2.24) is 20.0 Å². The van der Waals surface area contributed by atoms with E-state index in [9.17, 15) is 4.79 Å². The summed E-state index contributed by atoms with van der Waals surface area (Å²) >= 11 is 0. The van der Waals surface area contributed by atoms with Crippen molar-refractivity contribution in [3.05, 3.63) is 108 Å². The molecule has 2 N–H and O–H groups in total. The SMILES string of the molecule is COc1ccc(-c2noc(CC(=O)NCNc3cc4oc5cc(=[N+](C)C)ccc-5nc4c4ccccc34)c2-c2ccc(OC)cc2)cc1. The van der Waals surface area contributed by atoms with Gasteiger partial charge in [-0.05, 0) is 48.0 Å². The summed E-state index contributed by atoms with van der Waals surface area (Å²) in [6, 6.07) is 31.1. The van der Waals surface area contributed by atoms with Gasteiger partial charge in [-0.15, -0.1) is 0 Å². The molecule has 10 nitrogen and oxygen atoms in total. The van der Waals surface area contributed by atoms with Gasteiger partial charge in [-0.3, -0.25) is 4.79 Å². The van der Waals surface area contributed by atoms with Crippen LogP contribution in [0.15, 0.2) is 106 Å². The number of fused-ring (bicyclic) bond motifs is 4. The summed E-state index contributed by atoms with van der Waals surface area (Å²) in [6.45, 7) is 0.178. The molecule has 1 aliphatic carbocycles. The zero-order chi connectivity index (χ0) is 33.2. The highest BCUT2D eigenvalue weighted by molar-refractivity contribution is 6.10. The van der Waals surface area contributed by atoms with Crippen LogP contribution in [0.3, 0.4) is 0 Å². The van der Waals surface area contributed by atoms with Gasteiger partial charge in [-0.2, -0.15) is 0 Å². The number of anilines is 1. The van der Waals surface area contributed by atoms with Crippen molar-refractivity contribution >= 4 is 33.5 Å². The molecule has 0 unspecified atom stereocenters. The van der Waals surface area contributed by atoms with Gasteiger partial charge in [-0.1, -0.05) is 41.6 Å². The highest BCUT2D eigenvalue weighted by atomic mass is 16.5. The summed E-state index contributed by atoms with van der Waals surface area (Å²) in [5, 5.41) is 13.7. The quantitative estimate of drug-likeness (QED) is 0.0832. The fourth-order valence-electron chi connectivity index (χ4n) is 5.76. The Kier molecular flexibility index (Phi) is 8.21. The minimum atomic E-state index is -0.228. The van der Waals surface area contributed by atoms with E-state index in [0.29, 0.717) is 22.8 Å². The van der Waals surface area contributed by atoms with Gasteiger partial charge in [-0.25, -0.2) is 9.56 Å². The van der Waals surface area contributed by atoms with Crippen LogP contribution < -0.4 is 30.0 Å². The fourth-order valence-corrected chi connectivity index (χ4v) is 5.76.